The number of rotatable bonds is 9. The van der Waals surface area contributed by atoms with Crippen molar-refractivity contribution in [3.05, 3.63) is 23.8 Å². The number of hydrogen-bond acceptors (Lipinski definition) is 4. The van der Waals surface area contributed by atoms with E-state index in [0.29, 0.717) is 6.54 Å². The largest absolute Gasteiger partial charge is 0.493 e. The lowest BCUT2D eigenvalue weighted by Crippen LogP contribution is -2.37. The van der Waals surface area contributed by atoms with Gasteiger partial charge in [0.2, 0.25) is 0 Å². The van der Waals surface area contributed by atoms with Gasteiger partial charge in [0.1, 0.15) is 0 Å². The molecule has 1 aromatic carbocycles. The van der Waals surface area contributed by atoms with Crippen molar-refractivity contribution in [2.45, 2.75) is 51.5 Å². The van der Waals surface area contributed by atoms with Gasteiger partial charge in [-0.25, -0.2) is 0 Å². The van der Waals surface area contributed by atoms with E-state index >= 15 is 0 Å². The minimum Gasteiger partial charge on any atom is -0.493 e. The fourth-order valence-electron chi connectivity index (χ4n) is 3.27. The van der Waals surface area contributed by atoms with Crippen molar-refractivity contribution in [2.75, 3.05) is 33.4 Å². The van der Waals surface area contributed by atoms with Crippen LogP contribution in [0.3, 0.4) is 0 Å². The van der Waals surface area contributed by atoms with E-state index in [1.807, 2.05) is 6.07 Å². The highest BCUT2D eigenvalue weighted by molar-refractivity contribution is 5.44. The van der Waals surface area contributed by atoms with E-state index in [2.05, 4.69) is 24.0 Å². The third-order valence-corrected chi connectivity index (χ3v) is 4.63. The van der Waals surface area contributed by atoms with Crippen molar-refractivity contribution in [3.8, 4) is 11.5 Å². The van der Waals surface area contributed by atoms with Gasteiger partial charge in [0.15, 0.2) is 11.5 Å². The van der Waals surface area contributed by atoms with Crippen LogP contribution in [-0.4, -0.2) is 38.3 Å². The van der Waals surface area contributed by atoms with Crippen molar-refractivity contribution in [1.29, 1.82) is 0 Å². The van der Waals surface area contributed by atoms with Crippen molar-refractivity contribution in [3.63, 3.8) is 0 Å². The summed E-state index contributed by atoms with van der Waals surface area (Å²) < 4.78 is 11.4. The zero-order valence-corrected chi connectivity index (χ0v) is 14.7. The number of nitrogens with two attached hydrogens (primary N) is 1. The number of hydrogen-bond donors (Lipinski definition) is 1. The van der Waals surface area contributed by atoms with Crippen molar-refractivity contribution in [2.24, 2.45) is 5.73 Å². The minimum absolute atomic E-state index is 0.276. The summed E-state index contributed by atoms with van der Waals surface area (Å²) in [4.78, 5) is 2.50. The van der Waals surface area contributed by atoms with Gasteiger partial charge >= 0.3 is 0 Å². The van der Waals surface area contributed by atoms with Crippen LogP contribution in [0.4, 0.5) is 0 Å². The predicted octanol–water partition coefficient (Wildman–Crippen LogP) is 3.75. The molecule has 1 saturated heterocycles. The van der Waals surface area contributed by atoms with Crippen LogP contribution in [0.2, 0.25) is 0 Å². The van der Waals surface area contributed by atoms with E-state index in [-0.39, 0.29) is 6.04 Å². The number of piperidine rings is 1. The molecule has 1 aliphatic heterocycles. The summed E-state index contributed by atoms with van der Waals surface area (Å²) in [6, 6.07) is 6.55. The molecule has 1 heterocycles. The van der Waals surface area contributed by atoms with Gasteiger partial charge in [-0.05, 0) is 50.0 Å². The van der Waals surface area contributed by atoms with E-state index < -0.39 is 0 Å². The highest BCUT2D eigenvalue weighted by Gasteiger charge is 2.22. The van der Waals surface area contributed by atoms with Crippen LogP contribution in [0, 0.1) is 0 Å². The standard InChI is InChI=1S/C19H32N2O2/c1-3-4-8-13-23-18-10-9-16(14-19(18)22-2)17(15-20)21-11-6-5-7-12-21/h9-10,14,17H,3-8,11-13,15,20H2,1-2H3. The lowest BCUT2D eigenvalue weighted by molar-refractivity contribution is 0.167. The van der Waals surface area contributed by atoms with Crippen LogP contribution < -0.4 is 15.2 Å². The van der Waals surface area contributed by atoms with E-state index in [4.69, 9.17) is 15.2 Å². The topological polar surface area (TPSA) is 47.7 Å². The maximum atomic E-state index is 6.07. The first kappa shape index (κ1) is 18.1. The Balaban J connectivity index is 2.06. The van der Waals surface area contributed by atoms with Gasteiger partial charge in [0, 0.05) is 12.6 Å². The molecule has 0 radical (unpaired) electrons. The second kappa shape index (κ2) is 9.78. The molecular weight excluding hydrogens is 288 g/mol. The number of methoxy groups -OCH3 is 1. The van der Waals surface area contributed by atoms with E-state index in [0.717, 1.165) is 37.6 Å². The second-order valence-electron chi connectivity index (χ2n) is 6.31. The molecule has 1 unspecified atom stereocenters. The van der Waals surface area contributed by atoms with Gasteiger partial charge in [0.25, 0.3) is 0 Å². The Hall–Kier alpha value is -1.26. The molecule has 1 atom stereocenters. The van der Waals surface area contributed by atoms with Crippen molar-refractivity contribution >= 4 is 0 Å². The first-order valence-electron chi connectivity index (χ1n) is 9.05. The molecule has 130 valence electrons. The van der Waals surface area contributed by atoms with Gasteiger partial charge in [-0.1, -0.05) is 32.3 Å². The molecule has 0 bridgehead atoms. The molecule has 0 saturated carbocycles. The van der Waals surface area contributed by atoms with Crippen LogP contribution in [0.1, 0.15) is 57.1 Å². The lowest BCUT2D eigenvalue weighted by atomic mass is 10.0. The Kier molecular flexibility index (Phi) is 7.69. The second-order valence-corrected chi connectivity index (χ2v) is 6.31. The smallest absolute Gasteiger partial charge is 0.161 e. The average Bonchev–Trinajstić information content (AvgIpc) is 2.61. The van der Waals surface area contributed by atoms with Gasteiger partial charge in [-0.3, -0.25) is 4.90 Å². The summed E-state index contributed by atoms with van der Waals surface area (Å²) in [6.45, 7) is 5.86. The minimum atomic E-state index is 0.276. The van der Waals surface area contributed by atoms with Gasteiger partial charge in [0.05, 0.1) is 13.7 Å². The van der Waals surface area contributed by atoms with Gasteiger partial charge in [-0.15, -0.1) is 0 Å². The highest BCUT2D eigenvalue weighted by atomic mass is 16.5. The molecule has 2 rings (SSSR count). The number of nitrogens with zero attached hydrogens (tertiary/aromatic N) is 1. The van der Waals surface area contributed by atoms with Crippen molar-refractivity contribution < 1.29 is 9.47 Å². The number of likely N-dealkylation sites (tertiary alicyclic amines) is 1. The molecule has 2 N–H and O–H groups in total. The first-order chi connectivity index (χ1) is 11.3. The SMILES string of the molecule is CCCCCOc1ccc(C(CN)N2CCCCC2)cc1OC. The summed E-state index contributed by atoms with van der Waals surface area (Å²) in [5.41, 5.74) is 7.29. The fourth-order valence-corrected chi connectivity index (χ4v) is 3.27. The normalized spacial score (nSPS) is 17.0. The summed E-state index contributed by atoms with van der Waals surface area (Å²) in [5, 5.41) is 0. The maximum Gasteiger partial charge on any atom is 0.161 e. The molecule has 23 heavy (non-hydrogen) atoms. The molecular formula is C19H32N2O2. The molecule has 1 aromatic rings. The van der Waals surface area contributed by atoms with Crippen LogP contribution in [0.25, 0.3) is 0 Å². The first-order valence-corrected chi connectivity index (χ1v) is 9.05. The summed E-state index contributed by atoms with van der Waals surface area (Å²) in [6.07, 6.45) is 7.36. The average molecular weight is 320 g/mol. The van der Waals surface area contributed by atoms with Crippen LogP contribution in [0.5, 0.6) is 11.5 Å². The van der Waals surface area contributed by atoms with E-state index in [1.165, 1.54) is 37.7 Å². The molecule has 1 aliphatic rings. The Morgan fingerprint density at radius 2 is 1.91 bits per heavy atom. The van der Waals surface area contributed by atoms with Gasteiger partial charge in [-0.2, -0.15) is 0 Å². The zero-order valence-electron chi connectivity index (χ0n) is 14.7. The van der Waals surface area contributed by atoms with Crippen LogP contribution >= 0.6 is 0 Å². The van der Waals surface area contributed by atoms with Crippen LogP contribution in [0.15, 0.2) is 18.2 Å². The maximum absolute atomic E-state index is 6.07. The number of ether oxygens (including phenoxy) is 2. The molecule has 0 spiro atoms. The molecule has 4 heteroatoms. The Morgan fingerprint density at radius 3 is 2.57 bits per heavy atom. The Labute approximate surface area is 140 Å². The van der Waals surface area contributed by atoms with Gasteiger partial charge < -0.3 is 15.2 Å². The van der Waals surface area contributed by atoms with E-state index in [1.54, 1.807) is 7.11 Å². The molecule has 0 aromatic heterocycles. The van der Waals surface area contributed by atoms with Crippen molar-refractivity contribution in [1.82, 2.24) is 4.90 Å². The monoisotopic (exact) mass is 320 g/mol. The molecule has 1 fully saturated rings. The molecule has 0 amide bonds. The number of unbranched alkanes of at least 4 members (excludes halogenated alkanes) is 2. The highest BCUT2D eigenvalue weighted by Crippen LogP contribution is 2.33. The Morgan fingerprint density at radius 1 is 1.13 bits per heavy atom. The summed E-state index contributed by atoms with van der Waals surface area (Å²) in [5.74, 6) is 1.65. The quantitative estimate of drug-likeness (QED) is 0.704. The zero-order chi connectivity index (χ0) is 16.5. The molecule has 0 aliphatic carbocycles. The van der Waals surface area contributed by atoms with E-state index in [9.17, 15) is 0 Å². The lowest BCUT2D eigenvalue weighted by Gasteiger charge is -2.34. The molecule has 4 nitrogen and oxygen atoms in total. The summed E-state index contributed by atoms with van der Waals surface area (Å²) >= 11 is 0. The predicted molar refractivity (Wildman–Crippen MR) is 95.2 cm³/mol. The Bertz CT molecular complexity index is 459. The third kappa shape index (κ3) is 5.11. The fraction of sp³-hybridized carbons (Fsp3) is 0.684. The van der Waals surface area contributed by atoms with Crippen LogP contribution in [-0.2, 0) is 0 Å². The number of benzene rings is 1. The summed E-state index contributed by atoms with van der Waals surface area (Å²) in [7, 11) is 1.70. The third-order valence-electron chi connectivity index (χ3n) is 4.63.